The van der Waals surface area contributed by atoms with Gasteiger partial charge in [0.25, 0.3) is 0 Å². The first-order valence-electron chi connectivity index (χ1n) is 9.61. The summed E-state index contributed by atoms with van der Waals surface area (Å²) in [5.74, 6) is 0. The van der Waals surface area contributed by atoms with Gasteiger partial charge in [0, 0.05) is 23.7 Å². The van der Waals surface area contributed by atoms with E-state index in [2.05, 4.69) is 72.7 Å². The van der Waals surface area contributed by atoms with Crippen molar-refractivity contribution in [3.05, 3.63) is 60.1 Å². The Bertz CT molecular complexity index is 639. The molecule has 3 rings (SSSR count). The van der Waals surface area contributed by atoms with E-state index in [1.54, 1.807) is 5.57 Å². The first-order valence-corrected chi connectivity index (χ1v) is 9.61. The molecule has 0 fully saturated rings. The van der Waals surface area contributed by atoms with Crippen LogP contribution in [0.2, 0.25) is 0 Å². The molecule has 0 N–H and O–H groups in total. The van der Waals surface area contributed by atoms with Crippen LogP contribution in [0.3, 0.4) is 0 Å². The van der Waals surface area contributed by atoms with Crippen molar-refractivity contribution in [1.29, 1.82) is 0 Å². The van der Waals surface area contributed by atoms with Crippen molar-refractivity contribution in [1.82, 2.24) is 5.01 Å². The lowest BCUT2D eigenvalue weighted by Gasteiger charge is -2.42. The molecule has 0 bridgehead atoms. The van der Waals surface area contributed by atoms with Crippen molar-refractivity contribution in [3.63, 3.8) is 0 Å². The lowest BCUT2D eigenvalue weighted by Crippen LogP contribution is -2.39. The van der Waals surface area contributed by atoms with Crippen LogP contribution in [-0.4, -0.2) is 5.01 Å². The van der Waals surface area contributed by atoms with Gasteiger partial charge in [-0.15, -0.1) is 0 Å². The van der Waals surface area contributed by atoms with Crippen LogP contribution in [0, 0.1) is 0 Å². The molecular weight excluding hydrogens is 292 g/mol. The Morgan fingerprint density at radius 2 is 1.42 bits per heavy atom. The molecule has 1 aromatic carbocycles. The fourth-order valence-corrected chi connectivity index (χ4v) is 3.68. The zero-order chi connectivity index (χ0) is 16.8. The summed E-state index contributed by atoms with van der Waals surface area (Å²) >= 11 is 0. The van der Waals surface area contributed by atoms with Gasteiger partial charge in [0.2, 0.25) is 0 Å². The number of anilines is 1. The quantitative estimate of drug-likeness (QED) is 0.495. The van der Waals surface area contributed by atoms with Crippen molar-refractivity contribution in [2.45, 2.75) is 65.2 Å². The van der Waals surface area contributed by atoms with Gasteiger partial charge in [0.15, 0.2) is 0 Å². The molecule has 0 aromatic heterocycles. The highest BCUT2D eigenvalue weighted by Crippen LogP contribution is 2.42. The van der Waals surface area contributed by atoms with Crippen LogP contribution in [-0.2, 0) is 0 Å². The average Bonchev–Trinajstić information content (AvgIpc) is 2.63. The fraction of sp³-hybridized carbons (Fsp3) is 0.455. The Labute approximate surface area is 147 Å². The molecule has 0 amide bonds. The van der Waals surface area contributed by atoms with E-state index in [9.17, 15) is 0 Å². The van der Waals surface area contributed by atoms with E-state index in [1.807, 2.05) is 0 Å². The molecule has 0 radical (unpaired) electrons. The van der Waals surface area contributed by atoms with Crippen molar-refractivity contribution < 1.29 is 0 Å². The molecule has 24 heavy (non-hydrogen) atoms. The summed E-state index contributed by atoms with van der Waals surface area (Å²) < 4.78 is 0. The highest BCUT2D eigenvalue weighted by Gasteiger charge is 2.28. The molecule has 2 nitrogen and oxygen atoms in total. The first kappa shape index (κ1) is 16.9. The zero-order valence-corrected chi connectivity index (χ0v) is 15.2. The predicted octanol–water partition coefficient (Wildman–Crippen LogP) is 6.64. The number of benzene rings is 1. The molecule has 2 aliphatic heterocycles. The molecule has 0 unspecified atom stereocenters. The van der Waals surface area contributed by atoms with Gasteiger partial charge in [0.1, 0.15) is 0 Å². The number of hydrogen-bond donors (Lipinski definition) is 0. The maximum atomic E-state index is 2.37. The fourth-order valence-electron chi connectivity index (χ4n) is 3.68. The van der Waals surface area contributed by atoms with Crippen LogP contribution in [0.5, 0.6) is 0 Å². The minimum absolute atomic E-state index is 1.16. The summed E-state index contributed by atoms with van der Waals surface area (Å²) in [5, 5.41) is 4.68. The molecule has 0 spiro atoms. The Kier molecular flexibility index (Phi) is 5.79. The second kappa shape index (κ2) is 8.23. The second-order valence-corrected chi connectivity index (χ2v) is 6.73. The number of hydrazine groups is 1. The van der Waals surface area contributed by atoms with Gasteiger partial charge in [-0.05, 0) is 49.5 Å². The summed E-state index contributed by atoms with van der Waals surface area (Å²) in [7, 11) is 0. The summed E-state index contributed by atoms with van der Waals surface area (Å²) in [6, 6.07) is 8.88. The molecule has 0 atom stereocenters. The lowest BCUT2D eigenvalue weighted by molar-refractivity contribution is 0.431. The molecule has 2 heterocycles. The van der Waals surface area contributed by atoms with Gasteiger partial charge in [-0.25, -0.2) is 0 Å². The van der Waals surface area contributed by atoms with Gasteiger partial charge in [0.05, 0.1) is 5.69 Å². The smallest absolute Gasteiger partial charge is 0.0705 e. The monoisotopic (exact) mass is 322 g/mol. The third-order valence-electron chi connectivity index (χ3n) is 4.95. The summed E-state index contributed by atoms with van der Waals surface area (Å²) in [4.78, 5) is 0. The number of para-hydroxylation sites is 1. The second-order valence-electron chi connectivity index (χ2n) is 6.73. The van der Waals surface area contributed by atoms with E-state index >= 15 is 0 Å². The van der Waals surface area contributed by atoms with Crippen LogP contribution in [0.4, 0.5) is 5.69 Å². The normalized spacial score (nSPS) is 15.8. The third kappa shape index (κ3) is 3.43. The molecule has 1 aromatic rings. The third-order valence-corrected chi connectivity index (χ3v) is 4.95. The van der Waals surface area contributed by atoms with Crippen LogP contribution in [0.15, 0.2) is 54.5 Å². The van der Waals surface area contributed by atoms with E-state index in [1.165, 1.54) is 61.9 Å². The molecule has 0 saturated heterocycles. The van der Waals surface area contributed by atoms with Gasteiger partial charge < -0.3 is 0 Å². The van der Waals surface area contributed by atoms with Gasteiger partial charge in [-0.2, -0.15) is 0 Å². The number of nitrogens with zero attached hydrogens (tertiary/aromatic N) is 2. The summed E-state index contributed by atoms with van der Waals surface area (Å²) in [6.45, 7) is 4.56. The number of allylic oxidation sites excluding steroid dienone is 4. The maximum absolute atomic E-state index is 2.37. The predicted molar refractivity (Wildman–Crippen MR) is 104 cm³/mol. The van der Waals surface area contributed by atoms with Crippen molar-refractivity contribution in [2.75, 3.05) is 5.01 Å². The van der Waals surface area contributed by atoms with Crippen LogP contribution < -0.4 is 5.01 Å². The molecule has 2 aliphatic rings. The lowest BCUT2D eigenvalue weighted by atomic mass is 9.92. The van der Waals surface area contributed by atoms with Gasteiger partial charge in [-0.3, -0.25) is 10.0 Å². The standard InChI is InChI=1S/C22H30N2/c1-3-5-7-13-19-20-14-9-10-16-22(20)24-18-12-11-17-23(24)21(19)15-8-6-4-2/h9-12,14,16-18H,3-8,13,15H2,1-2H3. The van der Waals surface area contributed by atoms with Crippen molar-refractivity contribution in [3.8, 4) is 0 Å². The van der Waals surface area contributed by atoms with E-state index in [0.717, 1.165) is 6.42 Å². The number of fused-ring (bicyclic) bond motifs is 3. The largest absolute Gasteiger partial charge is 0.261 e. The number of hydrogen-bond acceptors (Lipinski definition) is 2. The van der Waals surface area contributed by atoms with Crippen LogP contribution >= 0.6 is 0 Å². The van der Waals surface area contributed by atoms with E-state index in [0.29, 0.717) is 0 Å². The Balaban J connectivity index is 1.99. The van der Waals surface area contributed by atoms with E-state index < -0.39 is 0 Å². The molecule has 2 heteroatoms. The van der Waals surface area contributed by atoms with Crippen molar-refractivity contribution >= 4 is 11.3 Å². The van der Waals surface area contributed by atoms with E-state index in [4.69, 9.17) is 0 Å². The Morgan fingerprint density at radius 1 is 0.750 bits per heavy atom. The highest BCUT2D eigenvalue weighted by molar-refractivity contribution is 5.82. The molecule has 0 saturated carbocycles. The van der Waals surface area contributed by atoms with Gasteiger partial charge in [-0.1, -0.05) is 57.7 Å². The molecule has 128 valence electrons. The average molecular weight is 322 g/mol. The topological polar surface area (TPSA) is 6.48 Å². The number of unbranched alkanes of at least 4 members (excludes halogenated alkanes) is 4. The number of rotatable bonds is 8. The Hall–Kier alpha value is -1.96. The zero-order valence-electron chi connectivity index (χ0n) is 15.2. The Morgan fingerprint density at radius 3 is 2.17 bits per heavy atom. The minimum atomic E-state index is 1.16. The first-order chi connectivity index (χ1) is 11.9. The minimum Gasteiger partial charge on any atom is -0.261 e. The van der Waals surface area contributed by atoms with Crippen molar-refractivity contribution in [2.24, 2.45) is 0 Å². The van der Waals surface area contributed by atoms with Gasteiger partial charge >= 0.3 is 0 Å². The molecule has 0 aliphatic carbocycles. The summed E-state index contributed by atoms with van der Waals surface area (Å²) in [6.07, 6.45) is 18.7. The molecular formula is C22H30N2. The summed E-state index contributed by atoms with van der Waals surface area (Å²) in [5.41, 5.74) is 5.80. The van der Waals surface area contributed by atoms with Crippen LogP contribution in [0.25, 0.3) is 5.57 Å². The van der Waals surface area contributed by atoms with Crippen LogP contribution in [0.1, 0.15) is 70.8 Å². The maximum Gasteiger partial charge on any atom is 0.0705 e. The van der Waals surface area contributed by atoms with E-state index in [-0.39, 0.29) is 0 Å². The highest BCUT2D eigenvalue weighted by atomic mass is 15.6. The SMILES string of the molecule is CCCCCC1=C(CCCCC)N2C=CC=CN2c2ccccc21.